The first kappa shape index (κ1) is 14.0. The Bertz CT molecular complexity index is 744. The molecule has 0 saturated heterocycles. The normalized spacial score (nSPS) is 11.1. The van der Waals surface area contributed by atoms with Gasteiger partial charge in [-0.2, -0.15) is 8.42 Å². The Morgan fingerprint density at radius 1 is 1.10 bits per heavy atom. The maximum absolute atomic E-state index is 11.0. The van der Waals surface area contributed by atoms with Gasteiger partial charge in [0.15, 0.2) is 0 Å². The lowest BCUT2D eigenvalue weighted by Crippen LogP contribution is -2.02. The van der Waals surface area contributed by atoms with Gasteiger partial charge in [-0.05, 0) is 24.3 Å². The van der Waals surface area contributed by atoms with Crippen molar-refractivity contribution in [3.63, 3.8) is 0 Å². The van der Waals surface area contributed by atoms with Crippen LogP contribution in [0.3, 0.4) is 0 Å². The van der Waals surface area contributed by atoms with Crippen molar-refractivity contribution in [1.29, 1.82) is 0 Å². The number of rotatable bonds is 4. The minimum Gasteiger partial charge on any atom is -0.350 e. The molecule has 20 heavy (non-hydrogen) atoms. The molecule has 0 radical (unpaired) electrons. The van der Waals surface area contributed by atoms with E-state index < -0.39 is 25.6 Å². The number of anilines is 2. The van der Waals surface area contributed by atoms with Gasteiger partial charge in [-0.3, -0.25) is 14.7 Å². The van der Waals surface area contributed by atoms with Gasteiger partial charge in [-0.15, -0.1) is 0 Å². The summed E-state index contributed by atoms with van der Waals surface area (Å²) in [5.41, 5.74) is 0.313. The molecule has 0 spiro atoms. The third-order valence-electron chi connectivity index (χ3n) is 2.52. The lowest BCUT2D eigenvalue weighted by atomic mass is 10.2. The zero-order chi connectivity index (χ0) is 14.8. The molecule has 0 aliphatic carbocycles. The molecule has 0 atom stereocenters. The molecule has 0 unspecified atom stereocenters. The van der Waals surface area contributed by atoms with Crippen LogP contribution < -0.4 is 5.32 Å². The average molecular weight is 294 g/mol. The maximum atomic E-state index is 11.0. The largest absolute Gasteiger partial charge is 0.350 e. The first-order chi connectivity index (χ1) is 9.38. The van der Waals surface area contributed by atoms with Crippen molar-refractivity contribution in [2.45, 2.75) is 4.90 Å². The van der Waals surface area contributed by atoms with Crippen LogP contribution in [-0.4, -0.2) is 17.9 Å². The Morgan fingerprint density at radius 2 is 1.75 bits per heavy atom. The molecular weight excluding hydrogens is 284 g/mol. The van der Waals surface area contributed by atoms with Crippen molar-refractivity contribution in [1.82, 2.24) is 0 Å². The highest BCUT2D eigenvalue weighted by Crippen LogP contribution is 2.29. The van der Waals surface area contributed by atoms with Crippen molar-refractivity contribution in [2.24, 2.45) is 0 Å². The molecule has 0 aliphatic rings. The highest BCUT2D eigenvalue weighted by molar-refractivity contribution is 7.85. The SMILES string of the molecule is O=[N+]([O-])c1cc(S(=O)(=O)O)ccc1Nc1ccccc1. The molecule has 0 saturated carbocycles. The standard InChI is InChI=1S/C12H10N2O5S/c15-14(16)12-8-10(20(17,18)19)6-7-11(12)13-9-4-2-1-3-5-9/h1-8,13H,(H,17,18,19). The number of hydrogen-bond acceptors (Lipinski definition) is 5. The van der Waals surface area contributed by atoms with Gasteiger partial charge in [0.1, 0.15) is 10.6 Å². The van der Waals surface area contributed by atoms with E-state index in [1.807, 2.05) is 0 Å². The van der Waals surface area contributed by atoms with Crippen molar-refractivity contribution < 1.29 is 17.9 Å². The van der Waals surface area contributed by atoms with Crippen LogP contribution in [0.2, 0.25) is 0 Å². The lowest BCUT2D eigenvalue weighted by Gasteiger charge is -2.07. The third kappa shape index (κ3) is 3.11. The monoisotopic (exact) mass is 294 g/mol. The van der Waals surface area contributed by atoms with Gasteiger partial charge >= 0.3 is 0 Å². The Hall–Kier alpha value is -2.45. The van der Waals surface area contributed by atoms with Crippen molar-refractivity contribution in [2.75, 3.05) is 5.32 Å². The molecular formula is C12H10N2O5S. The van der Waals surface area contributed by atoms with Crippen molar-refractivity contribution in [3.8, 4) is 0 Å². The summed E-state index contributed by atoms with van der Waals surface area (Å²) in [6, 6.07) is 11.8. The minimum absolute atomic E-state index is 0.133. The predicted molar refractivity (Wildman–Crippen MR) is 72.6 cm³/mol. The molecule has 7 nitrogen and oxygen atoms in total. The van der Waals surface area contributed by atoms with Crippen molar-refractivity contribution in [3.05, 3.63) is 58.6 Å². The van der Waals surface area contributed by atoms with E-state index in [4.69, 9.17) is 4.55 Å². The van der Waals surface area contributed by atoms with Gasteiger partial charge < -0.3 is 5.32 Å². The Balaban J connectivity index is 2.46. The third-order valence-corrected chi connectivity index (χ3v) is 3.37. The van der Waals surface area contributed by atoms with E-state index in [2.05, 4.69) is 5.32 Å². The summed E-state index contributed by atoms with van der Waals surface area (Å²) in [6.45, 7) is 0. The number of nitrogens with one attached hydrogen (secondary N) is 1. The molecule has 104 valence electrons. The first-order valence-corrected chi connectivity index (χ1v) is 6.90. The van der Waals surface area contributed by atoms with Crippen LogP contribution in [0.4, 0.5) is 17.1 Å². The molecule has 8 heteroatoms. The molecule has 2 aromatic rings. The van der Waals surface area contributed by atoms with Crippen LogP contribution in [0, 0.1) is 10.1 Å². The van der Waals surface area contributed by atoms with Gasteiger partial charge in [-0.25, -0.2) is 0 Å². The van der Waals surface area contributed by atoms with Gasteiger partial charge in [-0.1, -0.05) is 18.2 Å². The number of hydrogen-bond donors (Lipinski definition) is 2. The molecule has 0 aromatic heterocycles. The molecule has 0 bridgehead atoms. The van der Waals surface area contributed by atoms with Crippen LogP contribution in [0.25, 0.3) is 0 Å². The number of nitro groups is 1. The summed E-state index contributed by atoms with van der Waals surface area (Å²) >= 11 is 0. The highest BCUT2D eigenvalue weighted by atomic mass is 32.2. The second-order valence-electron chi connectivity index (χ2n) is 3.90. The maximum Gasteiger partial charge on any atom is 0.294 e. The molecule has 2 aromatic carbocycles. The quantitative estimate of drug-likeness (QED) is 0.509. The number of nitro benzene ring substituents is 1. The first-order valence-electron chi connectivity index (χ1n) is 5.46. The molecule has 2 N–H and O–H groups in total. The number of para-hydroxylation sites is 1. The van der Waals surface area contributed by atoms with Crippen LogP contribution >= 0.6 is 0 Å². The van der Waals surface area contributed by atoms with Crippen molar-refractivity contribution >= 4 is 27.2 Å². The Morgan fingerprint density at radius 3 is 2.30 bits per heavy atom. The Kier molecular flexibility index (Phi) is 3.68. The Labute approximate surface area is 114 Å². The molecule has 0 amide bonds. The number of nitrogens with zero attached hydrogens (tertiary/aromatic N) is 1. The van der Waals surface area contributed by atoms with E-state index in [-0.39, 0.29) is 5.69 Å². The molecule has 0 fully saturated rings. The summed E-state index contributed by atoms with van der Waals surface area (Å²) in [5, 5.41) is 13.8. The van der Waals surface area contributed by atoms with E-state index in [0.717, 1.165) is 12.1 Å². The highest BCUT2D eigenvalue weighted by Gasteiger charge is 2.19. The fourth-order valence-corrected chi connectivity index (χ4v) is 2.11. The second kappa shape index (κ2) is 5.27. The molecule has 0 heterocycles. The van der Waals surface area contributed by atoms with E-state index in [1.165, 1.54) is 6.07 Å². The summed E-state index contributed by atoms with van der Waals surface area (Å²) in [7, 11) is -4.48. The fourth-order valence-electron chi connectivity index (χ4n) is 1.61. The van der Waals surface area contributed by atoms with Crippen LogP contribution in [0.15, 0.2) is 53.4 Å². The van der Waals surface area contributed by atoms with Crippen LogP contribution in [0.1, 0.15) is 0 Å². The van der Waals surface area contributed by atoms with Crippen LogP contribution in [0.5, 0.6) is 0 Å². The predicted octanol–water partition coefficient (Wildman–Crippen LogP) is 2.59. The van der Waals surface area contributed by atoms with E-state index >= 15 is 0 Å². The van der Waals surface area contributed by atoms with E-state index in [1.54, 1.807) is 30.3 Å². The lowest BCUT2D eigenvalue weighted by molar-refractivity contribution is -0.384. The van der Waals surface area contributed by atoms with Gasteiger partial charge in [0.2, 0.25) is 0 Å². The van der Waals surface area contributed by atoms with E-state index in [9.17, 15) is 18.5 Å². The summed E-state index contributed by atoms with van der Waals surface area (Å²) in [6.07, 6.45) is 0. The smallest absolute Gasteiger partial charge is 0.294 e. The number of benzene rings is 2. The minimum atomic E-state index is -4.48. The molecule has 2 rings (SSSR count). The van der Waals surface area contributed by atoms with Gasteiger partial charge in [0, 0.05) is 11.8 Å². The molecule has 0 aliphatic heterocycles. The topological polar surface area (TPSA) is 110 Å². The summed E-state index contributed by atoms with van der Waals surface area (Å²) in [4.78, 5) is 9.73. The van der Waals surface area contributed by atoms with Crippen LogP contribution in [-0.2, 0) is 10.1 Å². The summed E-state index contributed by atoms with van der Waals surface area (Å²) < 4.78 is 30.9. The second-order valence-corrected chi connectivity index (χ2v) is 5.32. The fraction of sp³-hybridized carbons (Fsp3) is 0. The average Bonchev–Trinajstić information content (AvgIpc) is 2.38. The van der Waals surface area contributed by atoms with Gasteiger partial charge in [0.25, 0.3) is 15.8 Å². The zero-order valence-electron chi connectivity index (χ0n) is 10.1. The zero-order valence-corrected chi connectivity index (χ0v) is 10.9. The summed E-state index contributed by atoms with van der Waals surface area (Å²) in [5.74, 6) is 0. The van der Waals surface area contributed by atoms with Gasteiger partial charge in [0.05, 0.1) is 4.92 Å². The van der Waals surface area contributed by atoms with E-state index in [0.29, 0.717) is 5.69 Å².